The third-order valence-electron chi connectivity index (χ3n) is 4.67. The van der Waals surface area contributed by atoms with Gasteiger partial charge in [-0.2, -0.15) is 0 Å². The maximum atomic E-state index is 12.2. The number of fused-ring (bicyclic) bond motifs is 1. The van der Waals surface area contributed by atoms with Gasteiger partial charge in [-0.15, -0.1) is 0 Å². The van der Waals surface area contributed by atoms with Crippen molar-refractivity contribution in [3.05, 3.63) is 46.9 Å². The van der Waals surface area contributed by atoms with Gasteiger partial charge < -0.3 is 9.88 Å². The minimum Gasteiger partial charge on any atom is -0.356 e. The summed E-state index contributed by atoms with van der Waals surface area (Å²) in [7, 11) is 0. The fourth-order valence-electron chi connectivity index (χ4n) is 3.38. The minimum absolute atomic E-state index is 0.0717. The van der Waals surface area contributed by atoms with E-state index in [2.05, 4.69) is 24.8 Å². The zero-order valence-electron chi connectivity index (χ0n) is 13.6. The molecule has 0 bridgehead atoms. The molecule has 1 aliphatic rings. The van der Waals surface area contributed by atoms with Crippen molar-refractivity contribution >= 4 is 17.0 Å². The van der Waals surface area contributed by atoms with Crippen LogP contribution >= 0.6 is 0 Å². The summed E-state index contributed by atoms with van der Waals surface area (Å²) in [4.78, 5) is 30.3. The number of aryl methyl sites for hydroxylation is 1. The van der Waals surface area contributed by atoms with Crippen LogP contribution in [0.15, 0.2) is 35.4 Å². The normalized spacial score (nSPS) is 16.0. The molecule has 1 saturated heterocycles. The standard InChI is InChI=1S/C17H20N6O/c1-12-18-8-4-15(20-12)22-9-5-13(6-10-22)11-23-16-14(21-17(23)24)3-2-7-19-16/h2-4,7-8,13H,5-6,9-11H2,1H3,(H,21,24). The molecule has 0 atom stereocenters. The Hall–Kier alpha value is -2.70. The average molecular weight is 324 g/mol. The molecule has 1 N–H and O–H groups in total. The van der Waals surface area contributed by atoms with E-state index in [4.69, 9.17) is 0 Å². The zero-order chi connectivity index (χ0) is 16.5. The molecule has 1 fully saturated rings. The largest absolute Gasteiger partial charge is 0.356 e. The quantitative estimate of drug-likeness (QED) is 0.794. The van der Waals surface area contributed by atoms with Gasteiger partial charge in [0.1, 0.15) is 11.6 Å². The van der Waals surface area contributed by atoms with Gasteiger partial charge in [-0.3, -0.25) is 4.57 Å². The van der Waals surface area contributed by atoms with Gasteiger partial charge in [0, 0.05) is 32.0 Å². The van der Waals surface area contributed by atoms with E-state index in [-0.39, 0.29) is 5.69 Å². The molecule has 1 aliphatic heterocycles. The van der Waals surface area contributed by atoms with Crippen LogP contribution < -0.4 is 10.6 Å². The first-order valence-corrected chi connectivity index (χ1v) is 8.29. The third kappa shape index (κ3) is 2.77. The minimum atomic E-state index is -0.0717. The summed E-state index contributed by atoms with van der Waals surface area (Å²) in [6.45, 7) is 4.52. The molecule has 4 heterocycles. The first-order valence-electron chi connectivity index (χ1n) is 8.29. The molecular formula is C17H20N6O. The lowest BCUT2D eigenvalue weighted by atomic mass is 9.96. The lowest BCUT2D eigenvalue weighted by molar-refractivity contribution is 0.355. The van der Waals surface area contributed by atoms with Crippen LogP contribution in [0.5, 0.6) is 0 Å². The van der Waals surface area contributed by atoms with E-state index < -0.39 is 0 Å². The van der Waals surface area contributed by atoms with Gasteiger partial charge in [0.2, 0.25) is 0 Å². The Morgan fingerprint density at radius 1 is 1.21 bits per heavy atom. The zero-order valence-corrected chi connectivity index (χ0v) is 13.6. The number of rotatable bonds is 3. The molecule has 0 aromatic carbocycles. The summed E-state index contributed by atoms with van der Waals surface area (Å²) in [5.74, 6) is 2.26. The molecule has 3 aromatic heterocycles. The predicted octanol–water partition coefficient (Wildman–Crippen LogP) is 1.74. The first kappa shape index (κ1) is 14.9. The van der Waals surface area contributed by atoms with Gasteiger partial charge in [-0.1, -0.05) is 0 Å². The Balaban J connectivity index is 1.46. The van der Waals surface area contributed by atoms with Gasteiger partial charge in [0.15, 0.2) is 5.65 Å². The van der Waals surface area contributed by atoms with Gasteiger partial charge in [-0.25, -0.2) is 19.7 Å². The lowest BCUT2D eigenvalue weighted by Crippen LogP contribution is -2.36. The number of aromatic nitrogens is 5. The Morgan fingerprint density at radius 2 is 2.04 bits per heavy atom. The van der Waals surface area contributed by atoms with Gasteiger partial charge in [0.05, 0.1) is 5.52 Å². The van der Waals surface area contributed by atoms with E-state index in [0.717, 1.165) is 48.7 Å². The number of hydrogen-bond acceptors (Lipinski definition) is 5. The van der Waals surface area contributed by atoms with E-state index in [0.29, 0.717) is 12.5 Å². The fourth-order valence-corrected chi connectivity index (χ4v) is 3.38. The maximum Gasteiger partial charge on any atom is 0.327 e. The first-order chi connectivity index (χ1) is 11.7. The van der Waals surface area contributed by atoms with Crippen molar-refractivity contribution in [1.29, 1.82) is 0 Å². The molecular weight excluding hydrogens is 304 g/mol. The molecule has 124 valence electrons. The summed E-state index contributed by atoms with van der Waals surface area (Å²) >= 11 is 0. The van der Waals surface area contributed by atoms with E-state index in [1.54, 1.807) is 17.0 Å². The van der Waals surface area contributed by atoms with Crippen LogP contribution in [0.2, 0.25) is 0 Å². The smallest absolute Gasteiger partial charge is 0.327 e. The van der Waals surface area contributed by atoms with Crippen molar-refractivity contribution < 1.29 is 0 Å². The van der Waals surface area contributed by atoms with E-state index in [1.807, 2.05) is 25.1 Å². The maximum absolute atomic E-state index is 12.2. The number of pyridine rings is 1. The second-order valence-corrected chi connectivity index (χ2v) is 6.31. The SMILES string of the molecule is Cc1nccc(N2CCC(Cn3c(=O)[nH]c4cccnc43)CC2)n1. The summed E-state index contributed by atoms with van der Waals surface area (Å²) in [6.07, 6.45) is 5.61. The average Bonchev–Trinajstić information content (AvgIpc) is 2.91. The number of aromatic amines is 1. The summed E-state index contributed by atoms with van der Waals surface area (Å²) in [6, 6.07) is 5.69. The number of nitrogens with one attached hydrogen (secondary N) is 1. The van der Waals surface area contributed by atoms with Crippen LogP contribution in [-0.4, -0.2) is 37.6 Å². The molecule has 0 radical (unpaired) electrons. The molecule has 0 aliphatic carbocycles. The van der Waals surface area contributed by atoms with Gasteiger partial charge in [0.25, 0.3) is 0 Å². The Labute approximate surface area is 139 Å². The van der Waals surface area contributed by atoms with Crippen molar-refractivity contribution in [3.63, 3.8) is 0 Å². The topological polar surface area (TPSA) is 79.7 Å². The van der Waals surface area contributed by atoms with Gasteiger partial charge in [-0.05, 0) is 43.9 Å². The summed E-state index contributed by atoms with van der Waals surface area (Å²) in [5.41, 5.74) is 1.48. The fraction of sp³-hybridized carbons (Fsp3) is 0.412. The van der Waals surface area contributed by atoms with Crippen LogP contribution in [0.4, 0.5) is 5.82 Å². The monoisotopic (exact) mass is 324 g/mol. The highest BCUT2D eigenvalue weighted by Crippen LogP contribution is 2.23. The molecule has 7 heteroatoms. The number of H-pyrrole nitrogens is 1. The highest BCUT2D eigenvalue weighted by atomic mass is 16.1. The molecule has 0 saturated carbocycles. The molecule has 0 amide bonds. The molecule has 24 heavy (non-hydrogen) atoms. The van der Waals surface area contributed by atoms with Crippen molar-refractivity contribution in [1.82, 2.24) is 24.5 Å². The number of imidazole rings is 1. The van der Waals surface area contributed by atoms with E-state index in [9.17, 15) is 4.79 Å². The highest BCUT2D eigenvalue weighted by molar-refractivity contribution is 5.69. The highest BCUT2D eigenvalue weighted by Gasteiger charge is 2.22. The van der Waals surface area contributed by atoms with Crippen LogP contribution in [0.25, 0.3) is 11.2 Å². The number of piperidine rings is 1. The van der Waals surface area contributed by atoms with E-state index >= 15 is 0 Å². The number of hydrogen-bond donors (Lipinski definition) is 1. The number of nitrogens with zero attached hydrogens (tertiary/aromatic N) is 5. The second-order valence-electron chi connectivity index (χ2n) is 6.31. The molecule has 0 unspecified atom stereocenters. The molecule has 4 rings (SSSR count). The Bertz CT molecular complexity index is 907. The predicted molar refractivity (Wildman–Crippen MR) is 92.1 cm³/mol. The second kappa shape index (κ2) is 6.07. The Kier molecular flexibility index (Phi) is 3.76. The van der Waals surface area contributed by atoms with Crippen LogP contribution in [0.1, 0.15) is 18.7 Å². The van der Waals surface area contributed by atoms with Crippen molar-refractivity contribution in [3.8, 4) is 0 Å². The number of anilines is 1. The van der Waals surface area contributed by atoms with Crippen LogP contribution in [0.3, 0.4) is 0 Å². The van der Waals surface area contributed by atoms with Crippen molar-refractivity contribution in [2.45, 2.75) is 26.3 Å². The summed E-state index contributed by atoms with van der Waals surface area (Å²) < 4.78 is 1.77. The third-order valence-corrected chi connectivity index (χ3v) is 4.67. The molecule has 7 nitrogen and oxygen atoms in total. The molecule has 3 aromatic rings. The molecule has 0 spiro atoms. The lowest BCUT2D eigenvalue weighted by Gasteiger charge is -2.32. The van der Waals surface area contributed by atoms with E-state index in [1.165, 1.54) is 0 Å². The van der Waals surface area contributed by atoms with Crippen LogP contribution in [0, 0.1) is 12.8 Å². The van der Waals surface area contributed by atoms with Crippen molar-refractivity contribution in [2.75, 3.05) is 18.0 Å². The van der Waals surface area contributed by atoms with Crippen molar-refractivity contribution in [2.24, 2.45) is 5.92 Å². The van der Waals surface area contributed by atoms with Gasteiger partial charge >= 0.3 is 5.69 Å². The van der Waals surface area contributed by atoms with Crippen LogP contribution in [-0.2, 0) is 6.54 Å². The summed E-state index contributed by atoms with van der Waals surface area (Å²) in [5, 5.41) is 0. The Morgan fingerprint density at radius 3 is 2.83 bits per heavy atom.